The first-order chi connectivity index (χ1) is 12.5. The number of aryl methyl sites for hydroxylation is 1. The minimum absolute atomic E-state index is 0.0883. The van der Waals surface area contributed by atoms with E-state index in [0.29, 0.717) is 23.5 Å². The molecule has 26 heavy (non-hydrogen) atoms. The number of methoxy groups -OCH3 is 1. The number of rotatable bonds is 5. The lowest BCUT2D eigenvalue weighted by Crippen LogP contribution is -2.19. The molecule has 0 aliphatic carbocycles. The van der Waals surface area contributed by atoms with Crippen LogP contribution < -0.4 is 4.80 Å². The van der Waals surface area contributed by atoms with E-state index in [2.05, 4.69) is 4.99 Å². The summed E-state index contributed by atoms with van der Waals surface area (Å²) in [7, 11) is 1.61. The van der Waals surface area contributed by atoms with E-state index in [4.69, 9.17) is 4.74 Å². The number of hydrogen-bond donors (Lipinski definition) is 0. The van der Waals surface area contributed by atoms with Crippen molar-refractivity contribution in [2.75, 3.05) is 13.7 Å². The first-order valence-corrected chi connectivity index (χ1v) is 8.74. The van der Waals surface area contributed by atoms with E-state index in [0.717, 1.165) is 10.2 Å². The van der Waals surface area contributed by atoms with Crippen molar-refractivity contribution in [3.05, 3.63) is 68.5 Å². The lowest BCUT2D eigenvalue weighted by atomic mass is 10.1. The molecule has 0 spiro atoms. The molecule has 0 aliphatic rings. The average molecular weight is 371 g/mol. The Morgan fingerprint density at radius 3 is 2.81 bits per heavy atom. The third-order valence-corrected chi connectivity index (χ3v) is 5.02. The second kappa shape index (κ2) is 7.59. The van der Waals surface area contributed by atoms with Crippen molar-refractivity contribution in [3.63, 3.8) is 0 Å². The van der Waals surface area contributed by atoms with Gasteiger partial charge in [0.05, 0.1) is 21.7 Å². The van der Waals surface area contributed by atoms with Crippen molar-refractivity contribution in [3.8, 4) is 0 Å². The predicted molar refractivity (Wildman–Crippen MR) is 99.4 cm³/mol. The van der Waals surface area contributed by atoms with Crippen LogP contribution in [0.4, 0.5) is 5.69 Å². The smallest absolute Gasteiger partial charge is 0.279 e. The third-order valence-electron chi connectivity index (χ3n) is 3.96. The van der Waals surface area contributed by atoms with E-state index >= 15 is 0 Å². The molecule has 7 nitrogen and oxygen atoms in total. The lowest BCUT2D eigenvalue weighted by molar-refractivity contribution is -0.385. The normalized spacial score (nSPS) is 11.8. The number of carbonyl (C=O) groups excluding carboxylic acids is 1. The van der Waals surface area contributed by atoms with Crippen molar-refractivity contribution in [2.24, 2.45) is 4.99 Å². The van der Waals surface area contributed by atoms with E-state index < -0.39 is 10.8 Å². The van der Waals surface area contributed by atoms with Crippen LogP contribution in [0.25, 0.3) is 10.2 Å². The summed E-state index contributed by atoms with van der Waals surface area (Å²) in [6.07, 6.45) is 0. The zero-order valence-electron chi connectivity index (χ0n) is 14.3. The number of carbonyl (C=O) groups is 1. The Labute approximate surface area is 153 Å². The Hall–Kier alpha value is -2.84. The molecule has 2 aromatic carbocycles. The minimum Gasteiger partial charge on any atom is -0.383 e. The Bertz CT molecular complexity index is 1050. The number of nitro benzene ring substituents is 1. The molecule has 0 saturated heterocycles. The number of benzene rings is 2. The van der Waals surface area contributed by atoms with Crippen LogP contribution in [-0.2, 0) is 11.3 Å². The number of fused-ring (bicyclic) bond motifs is 1. The van der Waals surface area contributed by atoms with Crippen LogP contribution in [0.5, 0.6) is 0 Å². The second-order valence-corrected chi connectivity index (χ2v) is 6.68. The molecular formula is C18H17N3O4S. The SMILES string of the molecule is COCCn1c(=NC(=O)c2ccc(C)c([N+](=O)[O-])c2)sc2ccccc21. The van der Waals surface area contributed by atoms with Crippen LogP contribution in [0, 0.1) is 17.0 Å². The number of nitrogens with zero attached hydrogens (tertiary/aromatic N) is 3. The van der Waals surface area contributed by atoms with Gasteiger partial charge in [0.25, 0.3) is 11.6 Å². The molecule has 0 aliphatic heterocycles. The van der Waals surface area contributed by atoms with E-state index in [1.165, 1.54) is 17.4 Å². The number of aromatic nitrogens is 1. The van der Waals surface area contributed by atoms with Gasteiger partial charge in [-0.2, -0.15) is 4.99 Å². The second-order valence-electron chi connectivity index (χ2n) is 5.67. The van der Waals surface area contributed by atoms with Gasteiger partial charge in [-0.3, -0.25) is 14.9 Å². The molecule has 0 saturated carbocycles. The van der Waals surface area contributed by atoms with Crippen molar-refractivity contribution < 1.29 is 14.5 Å². The summed E-state index contributed by atoms with van der Waals surface area (Å²) in [5.41, 5.74) is 1.58. The van der Waals surface area contributed by atoms with E-state index in [1.807, 2.05) is 28.8 Å². The number of amides is 1. The zero-order valence-corrected chi connectivity index (χ0v) is 15.2. The Balaban J connectivity index is 2.08. The number of para-hydroxylation sites is 1. The standard InChI is InChI=1S/C18H17N3O4S/c1-12-7-8-13(11-15(12)21(23)24)17(22)19-18-20(9-10-25-2)14-5-3-4-6-16(14)26-18/h3-8,11H,9-10H2,1-2H3. The first kappa shape index (κ1) is 18.0. The number of hydrogen-bond acceptors (Lipinski definition) is 5. The molecule has 134 valence electrons. The molecule has 0 N–H and O–H groups in total. The van der Waals surface area contributed by atoms with Crippen molar-refractivity contribution in [1.82, 2.24) is 4.57 Å². The summed E-state index contributed by atoms with van der Waals surface area (Å²) in [5, 5.41) is 11.1. The van der Waals surface area contributed by atoms with Crippen LogP contribution in [0.15, 0.2) is 47.5 Å². The highest BCUT2D eigenvalue weighted by atomic mass is 32.1. The molecule has 0 radical (unpaired) electrons. The van der Waals surface area contributed by atoms with Crippen LogP contribution in [-0.4, -0.2) is 29.1 Å². The molecule has 8 heteroatoms. The van der Waals surface area contributed by atoms with Gasteiger partial charge in [0.1, 0.15) is 0 Å². The highest BCUT2D eigenvalue weighted by molar-refractivity contribution is 7.16. The summed E-state index contributed by atoms with van der Waals surface area (Å²) in [6, 6.07) is 12.2. The molecule has 0 bridgehead atoms. The summed E-state index contributed by atoms with van der Waals surface area (Å²) in [5.74, 6) is -0.508. The first-order valence-electron chi connectivity index (χ1n) is 7.92. The third kappa shape index (κ3) is 3.56. The van der Waals surface area contributed by atoms with Gasteiger partial charge in [0.15, 0.2) is 4.80 Å². The molecule has 1 aromatic heterocycles. The van der Waals surface area contributed by atoms with Crippen molar-refractivity contribution in [1.29, 1.82) is 0 Å². The molecule has 3 rings (SSSR count). The fraction of sp³-hybridized carbons (Fsp3) is 0.222. The van der Waals surface area contributed by atoms with E-state index in [1.54, 1.807) is 26.2 Å². The van der Waals surface area contributed by atoms with Gasteiger partial charge < -0.3 is 9.30 Å². The minimum atomic E-state index is -0.508. The summed E-state index contributed by atoms with van der Waals surface area (Å²) < 4.78 is 8.07. The highest BCUT2D eigenvalue weighted by Gasteiger charge is 2.15. The molecule has 1 amide bonds. The monoisotopic (exact) mass is 371 g/mol. The Morgan fingerprint density at radius 2 is 2.08 bits per heavy atom. The number of thiazole rings is 1. The van der Waals surface area contributed by atoms with Gasteiger partial charge >= 0.3 is 0 Å². The van der Waals surface area contributed by atoms with Gasteiger partial charge in [-0.25, -0.2) is 0 Å². The fourth-order valence-electron chi connectivity index (χ4n) is 2.60. The van der Waals surface area contributed by atoms with Crippen LogP contribution >= 0.6 is 11.3 Å². The van der Waals surface area contributed by atoms with Gasteiger partial charge in [0, 0.05) is 30.8 Å². The number of ether oxygens (including phenoxy) is 1. The lowest BCUT2D eigenvalue weighted by Gasteiger charge is -2.04. The molecule has 0 atom stereocenters. The van der Waals surface area contributed by atoms with Crippen LogP contribution in [0.2, 0.25) is 0 Å². The fourth-order valence-corrected chi connectivity index (χ4v) is 3.65. The zero-order chi connectivity index (χ0) is 18.7. The van der Waals surface area contributed by atoms with Crippen LogP contribution in [0.1, 0.15) is 15.9 Å². The summed E-state index contributed by atoms with van der Waals surface area (Å²) >= 11 is 1.40. The molecule has 0 fully saturated rings. The highest BCUT2D eigenvalue weighted by Crippen LogP contribution is 2.20. The molecule has 0 unspecified atom stereocenters. The van der Waals surface area contributed by atoms with Gasteiger partial charge in [0.2, 0.25) is 0 Å². The van der Waals surface area contributed by atoms with Gasteiger partial charge in [-0.05, 0) is 25.1 Å². The van der Waals surface area contributed by atoms with Crippen molar-refractivity contribution >= 4 is 33.1 Å². The van der Waals surface area contributed by atoms with Crippen LogP contribution in [0.3, 0.4) is 0 Å². The maximum atomic E-state index is 12.6. The van der Waals surface area contributed by atoms with E-state index in [-0.39, 0.29) is 11.3 Å². The van der Waals surface area contributed by atoms with Gasteiger partial charge in [-0.1, -0.05) is 29.5 Å². The molecule has 1 heterocycles. The van der Waals surface area contributed by atoms with E-state index in [9.17, 15) is 14.9 Å². The number of nitro groups is 1. The van der Waals surface area contributed by atoms with Crippen molar-refractivity contribution in [2.45, 2.75) is 13.5 Å². The summed E-state index contributed by atoms with van der Waals surface area (Å²) in [4.78, 5) is 27.9. The average Bonchev–Trinajstić information content (AvgIpc) is 2.97. The maximum Gasteiger partial charge on any atom is 0.279 e. The Morgan fingerprint density at radius 1 is 1.31 bits per heavy atom. The Kier molecular flexibility index (Phi) is 5.24. The molecule has 3 aromatic rings. The van der Waals surface area contributed by atoms with Gasteiger partial charge in [-0.15, -0.1) is 0 Å². The maximum absolute atomic E-state index is 12.6. The predicted octanol–water partition coefficient (Wildman–Crippen LogP) is 3.31. The quantitative estimate of drug-likeness (QED) is 0.508. The summed E-state index contributed by atoms with van der Waals surface area (Å²) in [6.45, 7) is 2.67. The largest absolute Gasteiger partial charge is 0.383 e. The molecular weight excluding hydrogens is 354 g/mol. The topological polar surface area (TPSA) is 86.7 Å².